The molecule has 3 heterocycles. The number of hydrogen-bond donors (Lipinski definition) is 2. The van der Waals surface area contributed by atoms with Crippen LogP contribution in [0.1, 0.15) is 10.1 Å². The van der Waals surface area contributed by atoms with Crippen LogP contribution in [-0.4, -0.2) is 47.1 Å². The van der Waals surface area contributed by atoms with Crippen LogP contribution in [0.5, 0.6) is 0 Å². The molecule has 1 saturated heterocycles. The fraction of sp³-hybridized carbons (Fsp3) is 0.250. The lowest BCUT2D eigenvalue weighted by Gasteiger charge is -2.28. The van der Waals surface area contributed by atoms with Gasteiger partial charge in [0.05, 0.1) is 41.0 Å². The number of carbonyl (C=O) groups is 1. The van der Waals surface area contributed by atoms with E-state index in [4.69, 9.17) is 10.5 Å². The van der Waals surface area contributed by atoms with Gasteiger partial charge in [0.25, 0.3) is 11.6 Å². The molecule has 4 rings (SSSR count). The third kappa shape index (κ3) is 3.84. The number of primary amides is 1. The molecule has 1 atom stereocenters. The van der Waals surface area contributed by atoms with Gasteiger partial charge in [-0.25, -0.2) is 4.98 Å². The fourth-order valence-corrected chi connectivity index (χ4v) is 3.66. The molecule has 9 nitrogen and oxygen atoms in total. The average Bonchev–Trinajstić information content (AvgIpc) is 3.32. The average molecular weight is 375 g/mol. The molecule has 0 radical (unpaired) electrons. The molecule has 2 aromatic heterocycles. The SMILES string of the molecule is NC(=O)c1[pH]ccc1N1CCOCC1.O=[N+]([O-])c1cccc2[nH]cnc12. The van der Waals surface area contributed by atoms with Gasteiger partial charge in [0.1, 0.15) is 0 Å². The molecule has 1 aromatic carbocycles. The summed E-state index contributed by atoms with van der Waals surface area (Å²) in [5.74, 6) is 1.71. The predicted molar refractivity (Wildman–Crippen MR) is 100 cm³/mol. The van der Waals surface area contributed by atoms with Gasteiger partial charge >= 0.3 is 0 Å². The first-order chi connectivity index (χ1) is 12.6. The summed E-state index contributed by atoms with van der Waals surface area (Å²) in [4.78, 5) is 30.0. The third-order valence-electron chi connectivity index (χ3n) is 3.95. The molecule has 10 heteroatoms. The number of nitrogens with zero attached hydrogens (tertiary/aromatic N) is 3. The third-order valence-corrected chi connectivity index (χ3v) is 5.07. The number of nitrogens with one attached hydrogen (secondary N) is 1. The number of ether oxygens (including phenoxy) is 1. The lowest BCUT2D eigenvalue weighted by Crippen LogP contribution is -2.36. The number of amides is 1. The molecule has 26 heavy (non-hydrogen) atoms. The molecule has 0 bridgehead atoms. The summed E-state index contributed by atoms with van der Waals surface area (Å²) in [5.41, 5.74) is 7.43. The maximum atomic E-state index is 11.1. The molecule has 1 aliphatic rings. The van der Waals surface area contributed by atoms with E-state index in [0.717, 1.165) is 37.3 Å². The number of morpholine rings is 1. The summed E-state index contributed by atoms with van der Waals surface area (Å²) in [6.45, 7) is 3.15. The van der Waals surface area contributed by atoms with E-state index in [0.29, 0.717) is 19.2 Å². The lowest BCUT2D eigenvalue weighted by molar-refractivity contribution is -0.383. The van der Waals surface area contributed by atoms with E-state index in [2.05, 4.69) is 14.9 Å². The second-order valence-corrected chi connectivity index (χ2v) is 6.66. The lowest BCUT2D eigenvalue weighted by atomic mass is 10.3. The molecule has 3 N–H and O–H groups in total. The number of nitrogens with two attached hydrogens (primary N) is 1. The number of fused-ring (bicyclic) bond motifs is 1. The number of aromatic amines is 1. The molecular weight excluding hydrogens is 357 g/mol. The summed E-state index contributed by atoms with van der Waals surface area (Å²) in [5, 5.41) is 11.2. The number of nitro groups is 1. The number of non-ortho nitro benzene ring substituents is 1. The molecule has 1 fully saturated rings. The summed E-state index contributed by atoms with van der Waals surface area (Å²) in [6, 6.07) is 6.79. The van der Waals surface area contributed by atoms with Gasteiger partial charge in [-0.1, -0.05) is 6.07 Å². The van der Waals surface area contributed by atoms with E-state index in [1.807, 2.05) is 11.9 Å². The number of para-hydroxylation sites is 1. The van der Waals surface area contributed by atoms with Crippen molar-refractivity contribution < 1.29 is 14.5 Å². The summed E-state index contributed by atoms with van der Waals surface area (Å²) >= 11 is 0. The van der Waals surface area contributed by atoms with Crippen LogP contribution in [0.4, 0.5) is 11.4 Å². The van der Waals surface area contributed by atoms with Crippen LogP contribution in [-0.2, 0) is 4.74 Å². The number of H-pyrrole nitrogens is 1. The van der Waals surface area contributed by atoms with Crippen molar-refractivity contribution in [3.8, 4) is 0 Å². The Morgan fingerprint density at radius 3 is 2.81 bits per heavy atom. The van der Waals surface area contributed by atoms with Crippen LogP contribution in [0.15, 0.2) is 36.4 Å². The van der Waals surface area contributed by atoms with E-state index >= 15 is 0 Å². The number of nitro benzene ring substituents is 1. The number of carbonyl (C=O) groups excluding carboxylic acids is 1. The standard InChI is InChI=1S/C9H13N2O2P.C7H5N3O2/c10-9(12)8-7(1-6-14-8)11-2-4-13-5-3-11;11-10(12)6-3-1-2-5-7(6)9-4-8-5/h1,6,14H,2-5H2,(H2,10,12);1-4H,(H,8,9). The highest BCUT2D eigenvalue weighted by atomic mass is 31.0. The van der Waals surface area contributed by atoms with Gasteiger partial charge < -0.3 is 20.4 Å². The summed E-state index contributed by atoms with van der Waals surface area (Å²) < 4.78 is 5.25. The first-order valence-corrected chi connectivity index (χ1v) is 9.02. The minimum atomic E-state index is -0.441. The number of aromatic nitrogens is 2. The Labute approximate surface area is 150 Å². The maximum Gasteiger partial charge on any atom is 0.297 e. The second-order valence-electron chi connectivity index (χ2n) is 5.53. The first kappa shape index (κ1) is 17.9. The van der Waals surface area contributed by atoms with Crippen molar-refractivity contribution in [2.75, 3.05) is 31.2 Å². The van der Waals surface area contributed by atoms with Gasteiger partial charge in [0, 0.05) is 19.2 Å². The molecule has 1 amide bonds. The predicted octanol–water partition coefficient (Wildman–Crippen LogP) is 2.12. The smallest absolute Gasteiger partial charge is 0.297 e. The van der Waals surface area contributed by atoms with Gasteiger partial charge in [-0.2, -0.15) is 0 Å². The number of rotatable bonds is 3. The highest BCUT2D eigenvalue weighted by Gasteiger charge is 2.17. The van der Waals surface area contributed by atoms with Gasteiger partial charge in [0.2, 0.25) is 0 Å². The molecule has 1 aliphatic heterocycles. The Morgan fingerprint density at radius 1 is 1.35 bits per heavy atom. The highest BCUT2D eigenvalue weighted by molar-refractivity contribution is 7.32. The van der Waals surface area contributed by atoms with Crippen LogP contribution >= 0.6 is 8.19 Å². The number of benzene rings is 1. The van der Waals surface area contributed by atoms with Crippen molar-refractivity contribution >= 4 is 36.5 Å². The normalized spacial score (nSPS) is 14.2. The summed E-state index contributed by atoms with van der Waals surface area (Å²) in [6.07, 6.45) is 1.44. The quantitative estimate of drug-likeness (QED) is 0.533. The topological polar surface area (TPSA) is 127 Å². The van der Waals surface area contributed by atoms with Gasteiger partial charge in [0.15, 0.2) is 5.52 Å². The van der Waals surface area contributed by atoms with Crippen molar-refractivity contribution in [2.45, 2.75) is 0 Å². The van der Waals surface area contributed by atoms with E-state index < -0.39 is 4.92 Å². The Morgan fingerprint density at radius 2 is 2.12 bits per heavy atom. The monoisotopic (exact) mass is 375 g/mol. The van der Waals surface area contributed by atoms with E-state index in [9.17, 15) is 14.9 Å². The van der Waals surface area contributed by atoms with Crippen molar-refractivity contribution in [1.82, 2.24) is 9.97 Å². The van der Waals surface area contributed by atoms with Crippen molar-refractivity contribution in [1.29, 1.82) is 0 Å². The number of imidazole rings is 1. The van der Waals surface area contributed by atoms with Crippen LogP contribution in [0.3, 0.4) is 0 Å². The highest BCUT2D eigenvalue weighted by Crippen LogP contribution is 2.29. The van der Waals surface area contributed by atoms with Crippen LogP contribution < -0.4 is 10.6 Å². The zero-order valence-corrected chi connectivity index (χ0v) is 14.8. The minimum Gasteiger partial charge on any atom is -0.378 e. The Hall–Kier alpha value is -2.90. The molecule has 0 aliphatic carbocycles. The molecule has 136 valence electrons. The van der Waals surface area contributed by atoms with E-state index in [-0.39, 0.29) is 11.6 Å². The minimum absolute atomic E-state index is 0.0359. The van der Waals surface area contributed by atoms with Crippen molar-refractivity contribution in [3.05, 3.63) is 51.8 Å². The van der Waals surface area contributed by atoms with Gasteiger partial charge in [-0.15, -0.1) is 8.19 Å². The number of anilines is 1. The largest absolute Gasteiger partial charge is 0.378 e. The number of hydrogen-bond acceptors (Lipinski definition) is 6. The van der Waals surface area contributed by atoms with Crippen molar-refractivity contribution in [3.63, 3.8) is 0 Å². The molecule has 0 spiro atoms. The zero-order chi connectivity index (χ0) is 18.5. The second kappa shape index (κ2) is 7.99. The maximum absolute atomic E-state index is 11.1. The fourth-order valence-electron chi connectivity index (χ4n) is 2.72. The van der Waals surface area contributed by atoms with Crippen LogP contribution in [0, 0.1) is 10.1 Å². The molecule has 3 aromatic rings. The van der Waals surface area contributed by atoms with Gasteiger partial charge in [-0.05, 0) is 17.9 Å². The summed E-state index contributed by atoms with van der Waals surface area (Å²) in [7, 11) is 0.427. The first-order valence-electron chi connectivity index (χ1n) is 7.94. The van der Waals surface area contributed by atoms with Crippen LogP contribution in [0.25, 0.3) is 11.0 Å². The van der Waals surface area contributed by atoms with Crippen molar-refractivity contribution in [2.24, 2.45) is 5.73 Å². The Balaban J connectivity index is 0.000000152. The molecule has 0 saturated carbocycles. The Bertz CT molecular complexity index is 916. The Kier molecular flexibility index (Phi) is 5.50. The molecular formula is C16H18N5O4P. The van der Waals surface area contributed by atoms with Gasteiger partial charge in [-0.3, -0.25) is 14.9 Å². The van der Waals surface area contributed by atoms with E-state index in [1.54, 1.807) is 12.1 Å². The van der Waals surface area contributed by atoms with Crippen LogP contribution in [0.2, 0.25) is 0 Å². The van der Waals surface area contributed by atoms with E-state index in [1.165, 1.54) is 12.4 Å². The zero-order valence-electron chi connectivity index (χ0n) is 13.8. The molecule has 1 unspecified atom stereocenters.